The van der Waals surface area contributed by atoms with Gasteiger partial charge in [-0.25, -0.2) is 0 Å². The van der Waals surface area contributed by atoms with Gasteiger partial charge in [0.15, 0.2) is 0 Å². The zero-order chi connectivity index (χ0) is 19.8. The lowest BCUT2D eigenvalue weighted by molar-refractivity contribution is 0.204. The topological polar surface area (TPSA) is 36.1 Å². The van der Waals surface area contributed by atoms with E-state index >= 15 is 0 Å². The average Bonchev–Trinajstić information content (AvgIpc) is 2.75. The highest BCUT2D eigenvalue weighted by Crippen LogP contribution is 2.30. The predicted molar refractivity (Wildman–Crippen MR) is 120 cm³/mol. The van der Waals surface area contributed by atoms with Crippen LogP contribution in [0.4, 0.5) is 0 Å². The number of nitrogens with one attached hydrogen (secondary N) is 1. The van der Waals surface area contributed by atoms with Crippen LogP contribution in [0, 0.1) is 6.92 Å². The van der Waals surface area contributed by atoms with Crippen molar-refractivity contribution in [2.45, 2.75) is 57.9 Å². The molecule has 1 saturated heterocycles. The maximum absolute atomic E-state index is 12.5. The molecule has 0 atom stereocenters. The maximum atomic E-state index is 12.5. The molecule has 0 radical (unpaired) electrons. The third kappa shape index (κ3) is 3.76. The molecule has 3 nitrogen and oxygen atoms in total. The first-order valence-corrected chi connectivity index (χ1v) is 11.1. The summed E-state index contributed by atoms with van der Waals surface area (Å²) in [4.78, 5) is 18.2. The average molecular weight is 387 g/mol. The van der Waals surface area contributed by atoms with Gasteiger partial charge >= 0.3 is 0 Å². The van der Waals surface area contributed by atoms with E-state index in [1.165, 1.54) is 46.9 Å². The largest absolute Gasteiger partial charge is 0.322 e. The van der Waals surface area contributed by atoms with Crippen LogP contribution in [0.3, 0.4) is 0 Å². The van der Waals surface area contributed by atoms with E-state index in [-0.39, 0.29) is 5.56 Å². The highest BCUT2D eigenvalue weighted by atomic mass is 16.1. The zero-order valence-electron chi connectivity index (χ0n) is 17.3. The van der Waals surface area contributed by atoms with Gasteiger partial charge in [0.1, 0.15) is 0 Å². The standard InChI is InChI=1S/C26H30N2O/c1-18-6-9-20(10-7-18)21-12-14-28(15-13-21)17-19-8-11-23-22-4-2-3-5-24(22)26(29)27-25(23)16-19/h6-11,16,21H,2-5,12-15,17H2,1H3,(H,27,29). The summed E-state index contributed by atoms with van der Waals surface area (Å²) in [5, 5.41) is 1.25. The SMILES string of the molecule is Cc1ccc(C2CCN(Cc3ccc4c5c(c(=O)[nH]c4c3)CCCC5)CC2)cc1. The molecule has 2 aromatic carbocycles. The van der Waals surface area contributed by atoms with Gasteiger partial charge in [0.2, 0.25) is 0 Å². The fourth-order valence-electron chi connectivity index (χ4n) is 5.23. The number of aromatic nitrogens is 1. The van der Waals surface area contributed by atoms with E-state index in [0.717, 1.165) is 50.0 Å². The monoisotopic (exact) mass is 386 g/mol. The number of aromatic amines is 1. The molecule has 1 aliphatic heterocycles. The number of benzene rings is 2. The fraction of sp³-hybridized carbons (Fsp3) is 0.423. The zero-order valence-corrected chi connectivity index (χ0v) is 17.3. The summed E-state index contributed by atoms with van der Waals surface area (Å²) < 4.78 is 0. The molecular formula is C26H30N2O. The molecule has 0 unspecified atom stereocenters. The van der Waals surface area contributed by atoms with Gasteiger partial charge in [-0.15, -0.1) is 0 Å². The summed E-state index contributed by atoms with van der Waals surface area (Å²) in [6, 6.07) is 15.8. The Morgan fingerprint density at radius 2 is 1.69 bits per heavy atom. The molecule has 0 amide bonds. The van der Waals surface area contributed by atoms with Crippen LogP contribution in [0.5, 0.6) is 0 Å². The minimum atomic E-state index is 0.128. The predicted octanol–water partition coefficient (Wildman–Crippen LogP) is 5.09. The Morgan fingerprint density at radius 1 is 0.966 bits per heavy atom. The lowest BCUT2D eigenvalue weighted by Gasteiger charge is -2.32. The fourth-order valence-corrected chi connectivity index (χ4v) is 5.23. The van der Waals surface area contributed by atoms with Gasteiger partial charge in [-0.1, -0.05) is 42.0 Å². The van der Waals surface area contributed by atoms with Gasteiger partial charge in [0, 0.05) is 23.0 Å². The molecule has 1 aliphatic carbocycles. The third-order valence-corrected chi connectivity index (χ3v) is 6.94. The van der Waals surface area contributed by atoms with E-state index in [4.69, 9.17) is 0 Å². The number of pyridine rings is 1. The van der Waals surface area contributed by atoms with Crippen molar-refractivity contribution >= 4 is 10.9 Å². The third-order valence-electron chi connectivity index (χ3n) is 6.94. The Labute approximate surface area is 172 Å². The van der Waals surface area contributed by atoms with E-state index in [1.807, 2.05) is 0 Å². The highest BCUT2D eigenvalue weighted by Gasteiger charge is 2.21. The van der Waals surface area contributed by atoms with E-state index in [0.29, 0.717) is 5.92 Å². The Morgan fingerprint density at radius 3 is 2.45 bits per heavy atom. The number of likely N-dealkylation sites (tertiary alicyclic amines) is 1. The second-order valence-electron chi connectivity index (χ2n) is 8.96. The molecule has 2 aliphatic rings. The lowest BCUT2D eigenvalue weighted by atomic mass is 9.88. The van der Waals surface area contributed by atoms with Gasteiger partial charge in [-0.3, -0.25) is 9.69 Å². The molecule has 0 spiro atoms. The summed E-state index contributed by atoms with van der Waals surface area (Å²) in [5.41, 5.74) is 7.59. The molecule has 150 valence electrons. The van der Waals surface area contributed by atoms with Crippen molar-refractivity contribution in [3.63, 3.8) is 0 Å². The van der Waals surface area contributed by atoms with Gasteiger partial charge in [-0.05, 0) is 87.2 Å². The van der Waals surface area contributed by atoms with E-state index in [1.54, 1.807) is 0 Å². The molecule has 1 fully saturated rings. The number of aryl methyl sites for hydroxylation is 2. The number of fused-ring (bicyclic) bond motifs is 3. The van der Waals surface area contributed by atoms with Gasteiger partial charge in [-0.2, -0.15) is 0 Å². The van der Waals surface area contributed by atoms with Crippen molar-refractivity contribution in [3.05, 3.63) is 80.6 Å². The summed E-state index contributed by atoms with van der Waals surface area (Å²) in [6.07, 6.45) is 6.75. The minimum Gasteiger partial charge on any atom is -0.322 e. The molecule has 29 heavy (non-hydrogen) atoms. The van der Waals surface area contributed by atoms with Crippen LogP contribution < -0.4 is 5.56 Å². The Kier molecular flexibility index (Phi) is 5.01. The highest BCUT2D eigenvalue weighted by molar-refractivity contribution is 5.84. The number of piperidine rings is 1. The lowest BCUT2D eigenvalue weighted by Crippen LogP contribution is -2.32. The number of nitrogens with zero attached hydrogens (tertiary/aromatic N) is 1. The molecule has 3 aromatic rings. The first-order chi connectivity index (χ1) is 14.2. The number of hydrogen-bond donors (Lipinski definition) is 1. The van der Waals surface area contributed by atoms with Crippen LogP contribution in [0.2, 0.25) is 0 Å². The Bertz CT molecular complexity index is 1070. The minimum absolute atomic E-state index is 0.128. The second-order valence-corrected chi connectivity index (χ2v) is 8.96. The van der Waals surface area contributed by atoms with Crippen molar-refractivity contribution in [2.75, 3.05) is 13.1 Å². The number of hydrogen-bond acceptors (Lipinski definition) is 2. The van der Waals surface area contributed by atoms with Crippen LogP contribution in [0.25, 0.3) is 10.9 Å². The van der Waals surface area contributed by atoms with E-state index in [2.05, 4.69) is 59.3 Å². The van der Waals surface area contributed by atoms with E-state index in [9.17, 15) is 4.79 Å². The smallest absolute Gasteiger partial charge is 0.251 e. The maximum Gasteiger partial charge on any atom is 0.251 e. The molecule has 0 bridgehead atoms. The van der Waals surface area contributed by atoms with Crippen LogP contribution in [-0.2, 0) is 19.4 Å². The molecule has 2 heterocycles. The first kappa shape index (κ1) is 18.6. The first-order valence-electron chi connectivity index (χ1n) is 11.1. The van der Waals surface area contributed by atoms with Gasteiger partial charge in [0.05, 0.1) is 0 Å². The number of H-pyrrole nitrogens is 1. The summed E-state index contributed by atoms with van der Waals surface area (Å²) in [7, 11) is 0. The van der Waals surface area contributed by atoms with Crippen molar-refractivity contribution < 1.29 is 0 Å². The molecule has 1 N–H and O–H groups in total. The summed E-state index contributed by atoms with van der Waals surface area (Å²) in [5.74, 6) is 0.686. The molecule has 0 saturated carbocycles. The Hall–Kier alpha value is -2.39. The van der Waals surface area contributed by atoms with E-state index < -0.39 is 0 Å². The van der Waals surface area contributed by atoms with Crippen molar-refractivity contribution in [1.29, 1.82) is 0 Å². The van der Waals surface area contributed by atoms with Gasteiger partial charge in [0.25, 0.3) is 5.56 Å². The van der Waals surface area contributed by atoms with Crippen molar-refractivity contribution in [3.8, 4) is 0 Å². The summed E-state index contributed by atoms with van der Waals surface area (Å²) in [6.45, 7) is 5.39. The molecule has 5 rings (SSSR count). The van der Waals surface area contributed by atoms with Crippen LogP contribution in [-0.4, -0.2) is 23.0 Å². The second kappa shape index (κ2) is 7.79. The number of rotatable bonds is 3. The molecule has 3 heteroatoms. The van der Waals surface area contributed by atoms with Crippen molar-refractivity contribution in [1.82, 2.24) is 9.88 Å². The van der Waals surface area contributed by atoms with Crippen molar-refractivity contribution in [2.24, 2.45) is 0 Å². The Balaban J connectivity index is 1.30. The van der Waals surface area contributed by atoms with Gasteiger partial charge < -0.3 is 4.98 Å². The molecular weight excluding hydrogens is 356 g/mol. The molecule has 1 aromatic heterocycles. The normalized spacial score (nSPS) is 18.1. The van der Waals surface area contributed by atoms with Crippen LogP contribution in [0.15, 0.2) is 47.3 Å². The van der Waals surface area contributed by atoms with Crippen LogP contribution >= 0.6 is 0 Å². The summed E-state index contributed by atoms with van der Waals surface area (Å²) >= 11 is 0. The van der Waals surface area contributed by atoms with Crippen LogP contribution in [0.1, 0.15) is 59.4 Å². The quantitative estimate of drug-likeness (QED) is 0.680.